The van der Waals surface area contributed by atoms with Crippen molar-refractivity contribution in [2.45, 2.75) is 25.3 Å². The van der Waals surface area contributed by atoms with Gasteiger partial charge in [-0.1, -0.05) is 40.6 Å². The third kappa shape index (κ3) is 5.05. The fourth-order valence-corrected chi connectivity index (χ4v) is 4.14. The molecule has 2 heterocycles. The molecule has 0 saturated heterocycles. The Morgan fingerprint density at radius 3 is 2.36 bits per heavy atom. The molecule has 0 spiro atoms. The third-order valence-electron chi connectivity index (χ3n) is 4.87. The number of rotatable bonds is 8. The number of hydrogen-bond acceptors (Lipinski definition) is 6. The van der Waals surface area contributed by atoms with Gasteiger partial charge in [0.1, 0.15) is 10.6 Å². The number of Topliss-reactive ketones (excluding diaryl/α,β-unsaturated/α-hetero) is 1. The fourth-order valence-electron chi connectivity index (χ4n) is 3.21. The summed E-state index contributed by atoms with van der Waals surface area (Å²) in [6.45, 7) is 4.38. The second-order valence-electron chi connectivity index (χ2n) is 7.07. The van der Waals surface area contributed by atoms with Crippen LogP contribution in [-0.2, 0) is 6.54 Å². The molecule has 0 aliphatic heterocycles. The molecule has 0 bridgehead atoms. The Bertz CT molecular complexity index is 1250. The molecule has 33 heavy (non-hydrogen) atoms. The number of anilines is 2. The number of ketones is 1. The molecule has 0 radical (unpaired) electrons. The summed E-state index contributed by atoms with van der Waals surface area (Å²) in [4.78, 5) is 12.5. The van der Waals surface area contributed by atoms with Gasteiger partial charge in [-0.3, -0.25) is 4.79 Å². The van der Waals surface area contributed by atoms with Crippen molar-refractivity contribution < 1.29 is 33.6 Å². The summed E-state index contributed by atoms with van der Waals surface area (Å²) in [6, 6.07) is 2.77. The van der Waals surface area contributed by atoms with E-state index in [1.807, 2.05) is 18.7 Å². The van der Waals surface area contributed by atoms with Crippen LogP contribution in [0.5, 0.6) is 5.75 Å². The van der Waals surface area contributed by atoms with Gasteiger partial charge in [-0.25, -0.2) is 0 Å². The summed E-state index contributed by atoms with van der Waals surface area (Å²) in [5.41, 5.74) is 5.96. The second kappa shape index (κ2) is 7.58. The number of fused-ring (bicyclic) bond motifs is 1. The zero-order chi connectivity index (χ0) is 24.8. The van der Waals surface area contributed by atoms with Crippen LogP contribution >= 0.6 is 21.8 Å². The average molecular weight is 516 g/mol. The van der Waals surface area contributed by atoms with Crippen LogP contribution in [0.4, 0.5) is 31.1 Å². The lowest BCUT2D eigenvalue weighted by Gasteiger charge is -2.40. The molecule has 2 aromatic heterocycles. The molecule has 0 aliphatic carbocycles. The van der Waals surface area contributed by atoms with Crippen LogP contribution in [0.3, 0.4) is 0 Å². The van der Waals surface area contributed by atoms with Crippen LogP contribution < -0.4 is 20.1 Å². The zero-order valence-corrected chi connectivity index (χ0v) is 19.3. The molecule has 1 aromatic carbocycles. The fraction of sp³-hybridized carbons (Fsp3) is 0.333. The van der Waals surface area contributed by atoms with E-state index in [2.05, 4.69) is 10.2 Å². The Morgan fingerprint density at radius 2 is 1.82 bits per heavy atom. The standard InChI is InChI=1S/C18H21ClF5N6O2S/c1-4-28(5-2)14-9-16-29(27-18(25)30(16)26-17(14)19)10-15(31)11-6-12(32-3)8-13(7-11)33(20,21,22,23)24/h6-9H,4-5,10H2,1-3H3,(H2,25,27)/q+1. The van der Waals surface area contributed by atoms with Crippen molar-refractivity contribution in [3.05, 3.63) is 35.0 Å². The number of nitrogen functional groups attached to an aromatic ring is 1. The first-order valence-corrected chi connectivity index (χ1v) is 11.9. The van der Waals surface area contributed by atoms with Crippen LogP contribution in [0, 0.1) is 0 Å². The van der Waals surface area contributed by atoms with Gasteiger partial charge in [0.25, 0.3) is 0 Å². The molecule has 0 unspecified atom stereocenters. The van der Waals surface area contributed by atoms with E-state index in [9.17, 15) is 24.2 Å². The van der Waals surface area contributed by atoms with Crippen LogP contribution in [0.2, 0.25) is 5.15 Å². The minimum Gasteiger partial charge on any atom is -0.497 e. The van der Waals surface area contributed by atoms with E-state index in [0.29, 0.717) is 18.8 Å². The molecule has 0 fully saturated rings. The van der Waals surface area contributed by atoms with Crippen molar-refractivity contribution in [2.24, 2.45) is 0 Å². The smallest absolute Gasteiger partial charge is 0.355 e. The van der Waals surface area contributed by atoms with Gasteiger partial charge < -0.3 is 15.4 Å². The number of aromatic nitrogens is 4. The lowest BCUT2D eigenvalue weighted by molar-refractivity contribution is -0.714. The molecule has 0 saturated carbocycles. The third-order valence-corrected chi connectivity index (χ3v) is 6.26. The van der Waals surface area contributed by atoms with Gasteiger partial charge in [-0.15, -0.1) is 4.68 Å². The van der Waals surface area contributed by atoms with Crippen molar-refractivity contribution >= 4 is 44.9 Å². The van der Waals surface area contributed by atoms with E-state index in [1.165, 1.54) is 0 Å². The second-order valence-corrected chi connectivity index (χ2v) is 9.84. The van der Waals surface area contributed by atoms with E-state index in [-0.39, 0.29) is 28.9 Å². The Kier molecular flexibility index (Phi) is 5.69. The molecule has 0 amide bonds. The van der Waals surface area contributed by atoms with Gasteiger partial charge in [-0.05, 0) is 31.1 Å². The zero-order valence-electron chi connectivity index (χ0n) is 17.7. The molecule has 2 N–H and O–H groups in total. The topological polar surface area (TPSA) is 89.6 Å². The van der Waals surface area contributed by atoms with Crippen LogP contribution in [0.25, 0.3) is 5.65 Å². The maximum absolute atomic E-state index is 13.3. The summed E-state index contributed by atoms with van der Waals surface area (Å²) < 4.78 is 73.7. The van der Waals surface area contributed by atoms with Crippen molar-refractivity contribution in [2.75, 3.05) is 30.8 Å². The number of benzene rings is 1. The predicted molar refractivity (Wildman–Crippen MR) is 115 cm³/mol. The van der Waals surface area contributed by atoms with E-state index < -0.39 is 38.8 Å². The maximum atomic E-state index is 13.3. The first-order valence-electron chi connectivity index (χ1n) is 9.54. The lowest BCUT2D eigenvalue weighted by atomic mass is 10.1. The Hall–Kier alpha value is -2.87. The number of nitrogens with zero attached hydrogens (tertiary/aromatic N) is 5. The van der Waals surface area contributed by atoms with Crippen molar-refractivity contribution in [1.29, 1.82) is 0 Å². The molecule has 0 atom stereocenters. The van der Waals surface area contributed by atoms with Crippen molar-refractivity contribution in [3.63, 3.8) is 0 Å². The van der Waals surface area contributed by atoms with Crippen LogP contribution in [-0.4, -0.2) is 40.7 Å². The first kappa shape index (κ1) is 24.8. The number of nitrogens with two attached hydrogens (primary N) is 1. The van der Waals surface area contributed by atoms with Gasteiger partial charge in [0.15, 0.2) is 11.7 Å². The highest BCUT2D eigenvalue weighted by Gasteiger charge is 2.65. The van der Waals surface area contributed by atoms with E-state index in [0.717, 1.165) is 22.4 Å². The normalized spacial score (nSPS) is 14.1. The van der Waals surface area contributed by atoms with Gasteiger partial charge in [0.2, 0.25) is 5.78 Å². The highest BCUT2D eigenvalue weighted by molar-refractivity contribution is 8.45. The van der Waals surface area contributed by atoms with Crippen LogP contribution in [0.15, 0.2) is 29.2 Å². The quantitative estimate of drug-likeness (QED) is 0.267. The molecule has 8 nitrogen and oxygen atoms in total. The van der Waals surface area contributed by atoms with Gasteiger partial charge >= 0.3 is 21.8 Å². The van der Waals surface area contributed by atoms with Crippen molar-refractivity contribution in [1.82, 2.24) is 14.7 Å². The van der Waals surface area contributed by atoms with Gasteiger partial charge in [0, 0.05) is 24.7 Å². The Balaban J connectivity index is 2.08. The molecule has 0 aliphatic rings. The molecule has 15 heteroatoms. The Labute approximate surface area is 190 Å². The van der Waals surface area contributed by atoms with E-state index in [4.69, 9.17) is 22.1 Å². The van der Waals surface area contributed by atoms with E-state index in [1.54, 1.807) is 6.07 Å². The Morgan fingerprint density at radius 1 is 1.18 bits per heavy atom. The van der Waals surface area contributed by atoms with Gasteiger partial charge in [0.05, 0.1) is 18.9 Å². The van der Waals surface area contributed by atoms with Crippen LogP contribution in [0.1, 0.15) is 24.2 Å². The molecule has 3 rings (SSSR count). The van der Waals surface area contributed by atoms with Crippen molar-refractivity contribution in [3.8, 4) is 5.75 Å². The number of methoxy groups -OCH3 is 1. The summed E-state index contributed by atoms with van der Waals surface area (Å²) in [5, 5.41) is 8.26. The number of ether oxygens (including phenoxy) is 1. The number of carbonyl (C=O) groups excluding carboxylic acids is 1. The summed E-state index contributed by atoms with van der Waals surface area (Å²) in [5.74, 6) is -1.61. The first-order chi connectivity index (χ1) is 15.1. The van der Waals surface area contributed by atoms with E-state index >= 15 is 0 Å². The largest absolute Gasteiger partial charge is 0.497 e. The molecular weight excluding hydrogens is 495 g/mol. The van der Waals surface area contributed by atoms with Gasteiger partial charge in [-0.2, -0.15) is 0 Å². The highest BCUT2D eigenvalue weighted by Crippen LogP contribution is 3.02. The maximum Gasteiger partial charge on any atom is 0.355 e. The number of hydrogen-bond donors (Lipinski definition) is 1. The molecular formula is C18H21ClF5N6O2S+. The summed E-state index contributed by atoms with van der Waals surface area (Å²) in [6.07, 6.45) is 0. The minimum atomic E-state index is -10.1. The summed E-state index contributed by atoms with van der Waals surface area (Å²) >= 11 is 6.24. The molecule has 3 aromatic rings. The molecule has 182 valence electrons. The minimum absolute atomic E-state index is 0.102. The number of carbonyl (C=O) groups is 1. The predicted octanol–water partition coefficient (Wildman–Crippen LogP) is 4.65. The monoisotopic (exact) mass is 515 g/mol. The average Bonchev–Trinajstić information content (AvgIpc) is 3.01. The summed E-state index contributed by atoms with van der Waals surface area (Å²) in [7, 11) is -9.05. The lowest BCUT2D eigenvalue weighted by Crippen LogP contribution is -2.40. The highest BCUT2D eigenvalue weighted by atomic mass is 35.5. The number of halogens is 6. The SMILES string of the molecule is CCN(CC)c1cc2n(nc1Cl)c(N)n[n+]2CC(=O)c1cc(OC)cc(S(F)(F)(F)(F)F)c1.